The van der Waals surface area contributed by atoms with Gasteiger partial charge >= 0.3 is 0 Å². The molecule has 8 rings (SSSR count). The predicted molar refractivity (Wildman–Crippen MR) is 178 cm³/mol. The zero-order chi connectivity index (χ0) is 29.0. The van der Waals surface area contributed by atoms with Crippen molar-refractivity contribution in [1.82, 2.24) is 15.0 Å². The van der Waals surface area contributed by atoms with Gasteiger partial charge in [0.2, 0.25) is 0 Å². The SMILES string of the molecule is CC1(C)c2ccccc2N(c2sc3ccccc3c2-c2nc(-c3ccccc3)nc(-c3ccccc3)n2)c2ccccc21. The largest absolute Gasteiger partial charge is 0.301 e. The first-order valence-corrected chi connectivity index (χ1v) is 15.3. The number of nitrogens with zero attached hydrogens (tertiary/aromatic N) is 4. The minimum Gasteiger partial charge on any atom is -0.301 e. The van der Waals surface area contributed by atoms with E-state index in [1.54, 1.807) is 11.3 Å². The van der Waals surface area contributed by atoms with Crippen LogP contribution >= 0.6 is 11.3 Å². The minimum absolute atomic E-state index is 0.144. The Morgan fingerprint density at radius 3 is 1.56 bits per heavy atom. The summed E-state index contributed by atoms with van der Waals surface area (Å²) in [5, 5.41) is 2.23. The molecule has 0 N–H and O–H groups in total. The molecule has 0 aliphatic carbocycles. The van der Waals surface area contributed by atoms with Crippen LogP contribution in [0.15, 0.2) is 133 Å². The van der Waals surface area contributed by atoms with Gasteiger partial charge in [-0.15, -0.1) is 11.3 Å². The van der Waals surface area contributed by atoms with Crippen LogP contribution in [0.2, 0.25) is 0 Å². The molecule has 3 heterocycles. The van der Waals surface area contributed by atoms with E-state index >= 15 is 0 Å². The van der Waals surface area contributed by atoms with Crippen molar-refractivity contribution in [3.8, 4) is 34.2 Å². The third-order valence-electron chi connectivity index (χ3n) is 8.34. The second kappa shape index (κ2) is 10.0. The minimum atomic E-state index is -0.144. The van der Waals surface area contributed by atoms with Gasteiger partial charge in [-0.2, -0.15) is 0 Å². The summed E-state index contributed by atoms with van der Waals surface area (Å²) in [6, 6.07) is 46.5. The van der Waals surface area contributed by atoms with Crippen molar-refractivity contribution >= 4 is 37.8 Å². The molecule has 0 unspecified atom stereocenters. The van der Waals surface area contributed by atoms with E-state index in [-0.39, 0.29) is 5.41 Å². The molecule has 5 aromatic carbocycles. The summed E-state index contributed by atoms with van der Waals surface area (Å²) >= 11 is 1.78. The molecular weight excluding hydrogens is 545 g/mol. The Hall–Kier alpha value is -5.13. The molecule has 0 saturated carbocycles. The first kappa shape index (κ1) is 25.6. The second-order valence-corrected chi connectivity index (χ2v) is 12.3. The van der Waals surface area contributed by atoms with Crippen molar-refractivity contribution in [3.63, 3.8) is 0 Å². The van der Waals surface area contributed by atoms with E-state index in [9.17, 15) is 0 Å². The maximum atomic E-state index is 5.18. The summed E-state index contributed by atoms with van der Waals surface area (Å²) < 4.78 is 1.19. The molecular formula is C38H28N4S. The molecule has 4 nitrogen and oxygen atoms in total. The average Bonchev–Trinajstić information content (AvgIpc) is 3.45. The van der Waals surface area contributed by atoms with Crippen LogP contribution in [0.1, 0.15) is 25.0 Å². The molecule has 1 aliphatic rings. The summed E-state index contributed by atoms with van der Waals surface area (Å²) in [4.78, 5) is 17.7. The van der Waals surface area contributed by atoms with Crippen molar-refractivity contribution < 1.29 is 0 Å². The lowest BCUT2D eigenvalue weighted by atomic mass is 9.73. The molecule has 0 radical (unpaired) electrons. The molecule has 0 saturated heterocycles. The van der Waals surface area contributed by atoms with Gasteiger partial charge in [-0.3, -0.25) is 0 Å². The van der Waals surface area contributed by atoms with E-state index in [0.29, 0.717) is 17.5 Å². The highest BCUT2D eigenvalue weighted by atomic mass is 32.1. The van der Waals surface area contributed by atoms with E-state index < -0.39 is 0 Å². The first-order valence-electron chi connectivity index (χ1n) is 14.5. The first-order chi connectivity index (χ1) is 21.1. The van der Waals surface area contributed by atoms with Crippen molar-refractivity contribution in [2.45, 2.75) is 19.3 Å². The number of benzene rings is 5. The second-order valence-electron chi connectivity index (χ2n) is 11.3. The molecule has 0 bridgehead atoms. The summed E-state index contributed by atoms with van der Waals surface area (Å²) in [7, 11) is 0. The van der Waals surface area contributed by atoms with E-state index in [0.717, 1.165) is 27.1 Å². The zero-order valence-electron chi connectivity index (χ0n) is 23.9. The van der Waals surface area contributed by atoms with Gasteiger partial charge in [-0.05, 0) is 29.3 Å². The third-order valence-corrected chi connectivity index (χ3v) is 9.50. The summed E-state index contributed by atoms with van der Waals surface area (Å²) in [5.41, 5.74) is 7.74. The topological polar surface area (TPSA) is 41.9 Å². The quantitative estimate of drug-likeness (QED) is 0.210. The number of anilines is 3. The van der Waals surface area contributed by atoms with Crippen molar-refractivity contribution in [2.24, 2.45) is 0 Å². The van der Waals surface area contributed by atoms with Gasteiger partial charge in [-0.25, -0.2) is 15.0 Å². The molecule has 0 atom stereocenters. The molecule has 2 aromatic heterocycles. The number of fused-ring (bicyclic) bond motifs is 3. The van der Waals surface area contributed by atoms with Crippen LogP contribution < -0.4 is 4.90 Å². The Kier molecular flexibility index (Phi) is 5.95. The van der Waals surface area contributed by atoms with Crippen LogP contribution in [0.3, 0.4) is 0 Å². The number of hydrogen-bond acceptors (Lipinski definition) is 5. The molecule has 0 spiro atoms. The summed E-state index contributed by atoms with van der Waals surface area (Å²) in [6.45, 7) is 4.64. The molecule has 43 heavy (non-hydrogen) atoms. The Morgan fingerprint density at radius 1 is 0.512 bits per heavy atom. The lowest BCUT2D eigenvalue weighted by molar-refractivity contribution is 0.632. The maximum absolute atomic E-state index is 5.18. The van der Waals surface area contributed by atoms with Crippen LogP contribution in [-0.2, 0) is 5.41 Å². The molecule has 7 aromatic rings. The van der Waals surface area contributed by atoms with Crippen LogP contribution in [0, 0.1) is 0 Å². The van der Waals surface area contributed by atoms with Crippen LogP contribution in [0.25, 0.3) is 44.2 Å². The standard InChI is InChI=1S/C38H28N4S/c1-38(2)28-20-10-12-22-30(28)42(31-23-13-11-21-29(31)38)37-33(27-19-9-14-24-32(27)43-37)36-40-34(25-15-5-3-6-16-25)39-35(41-36)26-17-7-4-8-18-26/h3-24H,1-2H3. The van der Waals surface area contributed by atoms with Gasteiger partial charge in [-0.1, -0.05) is 129 Å². The Morgan fingerprint density at radius 2 is 0.977 bits per heavy atom. The number of aromatic nitrogens is 3. The predicted octanol–water partition coefficient (Wildman–Crippen LogP) is 10.2. The number of para-hydroxylation sites is 2. The fourth-order valence-electron chi connectivity index (χ4n) is 6.21. The monoisotopic (exact) mass is 572 g/mol. The average molecular weight is 573 g/mol. The summed E-state index contributed by atoms with van der Waals surface area (Å²) in [6.07, 6.45) is 0. The Bertz CT molecular complexity index is 2010. The van der Waals surface area contributed by atoms with Gasteiger partial charge in [0.05, 0.1) is 16.9 Å². The molecule has 1 aliphatic heterocycles. The van der Waals surface area contributed by atoms with Gasteiger partial charge in [0.1, 0.15) is 5.00 Å². The highest BCUT2D eigenvalue weighted by molar-refractivity contribution is 7.23. The fraction of sp³-hybridized carbons (Fsp3) is 0.0789. The number of rotatable bonds is 4. The van der Waals surface area contributed by atoms with Crippen LogP contribution in [0.4, 0.5) is 16.4 Å². The van der Waals surface area contributed by atoms with Gasteiger partial charge in [0.15, 0.2) is 17.5 Å². The van der Waals surface area contributed by atoms with Crippen LogP contribution in [-0.4, -0.2) is 15.0 Å². The Balaban J connectivity index is 1.45. The van der Waals surface area contributed by atoms with Crippen molar-refractivity contribution in [1.29, 1.82) is 0 Å². The molecule has 5 heteroatoms. The highest BCUT2D eigenvalue weighted by Gasteiger charge is 2.38. The van der Waals surface area contributed by atoms with Crippen molar-refractivity contribution in [3.05, 3.63) is 145 Å². The smallest absolute Gasteiger partial charge is 0.167 e. The zero-order valence-corrected chi connectivity index (χ0v) is 24.7. The number of hydrogen-bond donors (Lipinski definition) is 0. The summed E-state index contributed by atoms with van der Waals surface area (Å²) in [5.74, 6) is 1.98. The van der Waals surface area contributed by atoms with E-state index in [2.05, 4.69) is 116 Å². The fourth-order valence-corrected chi connectivity index (χ4v) is 7.44. The van der Waals surface area contributed by atoms with E-state index in [1.807, 2.05) is 36.4 Å². The Labute approximate surface area is 255 Å². The normalized spacial score (nSPS) is 13.5. The van der Waals surface area contributed by atoms with Crippen molar-refractivity contribution in [2.75, 3.05) is 4.90 Å². The third kappa shape index (κ3) is 4.16. The van der Waals surface area contributed by atoms with E-state index in [4.69, 9.17) is 15.0 Å². The lowest BCUT2D eigenvalue weighted by Gasteiger charge is -2.41. The molecule has 0 fully saturated rings. The highest BCUT2D eigenvalue weighted by Crippen LogP contribution is 2.56. The molecule has 206 valence electrons. The van der Waals surface area contributed by atoms with Gasteiger partial charge in [0.25, 0.3) is 0 Å². The van der Waals surface area contributed by atoms with Gasteiger partial charge < -0.3 is 4.90 Å². The molecule has 0 amide bonds. The van der Waals surface area contributed by atoms with Gasteiger partial charge in [0, 0.05) is 26.6 Å². The number of thiophene rings is 1. The lowest BCUT2D eigenvalue weighted by Crippen LogP contribution is -2.30. The maximum Gasteiger partial charge on any atom is 0.167 e. The van der Waals surface area contributed by atoms with E-state index in [1.165, 1.54) is 27.2 Å². The van der Waals surface area contributed by atoms with Crippen LogP contribution in [0.5, 0.6) is 0 Å².